The summed E-state index contributed by atoms with van der Waals surface area (Å²) in [7, 11) is 0. The molecule has 1 N–H and O–H groups in total. The van der Waals surface area contributed by atoms with Gasteiger partial charge in [0, 0.05) is 29.2 Å². The maximum absolute atomic E-state index is 12.5. The van der Waals surface area contributed by atoms with E-state index in [4.69, 9.17) is 27.9 Å². The van der Waals surface area contributed by atoms with Crippen LogP contribution >= 0.6 is 23.2 Å². The number of hydrogen-bond acceptors (Lipinski definition) is 3. The molecule has 2 rings (SSSR count). The minimum atomic E-state index is -0.526. The Kier molecular flexibility index (Phi) is 5.25. The number of amides is 1. The Hall–Kier alpha value is -0.970. The van der Waals surface area contributed by atoms with Gasteiger partial charge >= 0.3 is 6.09 Å². The topological polar surface area (TPSA) is 41.6 Å². The zero-order chi connectivity index (χ0) is 16.5. The van der Waals surface area contributed by atoms with Crippen LogP contribution in [0.2, 0.25) is 10.0 Å². The predicted octanol–water partition coefficient (Wildman–Crippen LogP) is 4.26. The van der Waals surface area contributed by atoms with E-state index in [-0.39, 0.29) is 18.2 Å². The number of hydrogen-bond donors (Lipinski definition) is 1. The van der Waals surface area contributed by atoms with E-state index in [0.717, 1.165) is 5.56 Å². The van der Waals surface area contributed by atoms with Crippen molar-refractivity contribution in [2.24, 2.45) is 0 Å². The van der Waals surface area contributed by atoms with Crippen LogP contribution in [0.15, 0.2) is 18.2 Å². The minimum Gasteiger partial charge on any atom is -0.444 e. The van der Waals surface area contributed by atoms with Crippen LogP contribution in [0.3, 0.4) is 0 Å². The van der Waals surface area contributed by atoms with Gasteiger partial charge in [0.15, 0.2) is 0 Å². The lowest BCUT2D eigenvalue weighted by Crippen LogP contribution is -2.54. The summed E-state index contributed by atoms with van der Waals surface area (Å²) in [6, 6.07) is 5.42. The number of halogens is 2. The van der Waals surface area contributed by atoms with E-state index in [0.29, 0.717) is 23.1 Å². The highest BCUT2D eigenvalue weighted by Crippen LogP contribution is 2.30. The van der Waals surface area contributed by atoms with Crippen LogP contribution in [-0.4, -0.2) is 35.7 Å². The van der Waals surface area contributed by atoms with E-state index in [2.05, 4.69) is 5.32 Å². The number of nitrogens with one attached hydrogen (secondary N) is 1. The Morgan fingerprint density at radius 2 is 1.86 bits per heavy atom. The first-order valence-corrected chi connectivity index (χ1v) is 8.10. The first kappa shape index (κ1) is 17.4. The quantitative estimate of drug-likeness (QED) is 0.827. The molecular weight excluding hydrogens is 323 g/mol. The normalized spacial score (nSPS) is 22.5. The van der Waals surface area contributed by atoms with Crippen molar-refractivity contribution in [1.82, 2.24) is 10.2 Å². The van der Waals surface area contributed by atoms with Gasteiger partial charge in [-0.15, -0.1) is 0 Å². The van der Waals surface area contributed by atoms with Crippen molar-refractivity contribution in [3.8, 4) is 0 Å². The van der Waals surface area contributed by atoms with Crippen LogP contribution < -0.4 is 5.32 Å². The number of ether oxygens (including phenoxy) is 1. The second kappa shape index (κ2) is 6.65. The maximum Gasteiger partial charge on any atom is 0.410 e. The molecule has 22 heavy (non-hydrogen) atoms. The molecule has 1 fully saturated rings. The molecule has 0 aromatic heterocycles. The van der Waals surface area contributed by atoms with Crippen molar-refractivity contribution in [2.45, 2.75) is 45.4 Å². The highest BCUT2D eigenvalue weighted by molar-refractivity contribution is 6.34. The standard InChI is InChI=1S/C16H22Cl2N2O2/c1-10-9-20(15(21)22-16(2,3)4)14(8-19-10)11-5-12(17)7-13(18)6-11/h5-7,10,14,19H,8-9H2,1-4H3/t10-,14?/m1/s1. The van der Waals surface area contributed by atoms with E-state index in [9.17, 15) is 4.79 Å². The van der Waals surface area contributed by atoms with Crippen LogP contribution in [0.4, 0.5) is 4.79 Å². The van der Waals surface area contributed by atoms with Gasteiger partial charge in [-0.2, -0.15) is 0 Å². The largest absolute Gasteiger partial charge is 0.444 e. The minimum absolute atomic E-state index is 0.151. The maximum atomic E-state index is 12.5. The van der Waals surface area contributed by atoms with Gasteiger partial charge in [0.05, 0.1) is 6.04 Å². The highest BCUT2D eigenvalue weighted by atomic mass is 35.5. The zero-order valence-electron chi connectivity index (χ0n) is 13.3. The third kappa shape index (κ3) is 4.51. The highest BCUT2D eigenvalue weighted by Gasteiger charge is 2.33. The monoisotopic (exact) mass is 344 g/mol. The van der Waals surface area contributed by atoms with Crippen molar-refractivity contribution in [1.29, 1.82) is 0 Å². The van der Waals surface area contributed by atoms with Crippen molar-refractivity contribution in [2.75, 3.05) is 13.1 Å². The number of piperazine rings is 1. The summed E-state index contributed by atoms with van der Waals surface area (Å²) in [6.45, 7) is 8.84. The SMILES string of the molecule is C[C@@H]1CN(C(=O)OC(C)(C)C)C(c2cc(Cl)cc(Cl)c2)CN1. The molecule has 1 amide bonds. The molecule has 0 spiro atoms. The predicted molar refractivity (Wildman–Crippen MR) is 89.6 cm³/mol. The fourth-order valence-electron chi connectivity index (χ4n) is 2.50. The molecule has 1 aliphatic rings. The molecule has 1 aromatic carbocycles. The van der Waals surface area contributed by atoms with Gasteiger partial charge in [-0.05, 0) is 51.5 Å². The summed E-state index contributed by atoms with van der Waals surface area (Å²) in [5.74, 6) is 0. The summed E-state index contributed by atoms with van der Waals surface area (Å²) in [5.41, 5.74) is 0.379. The van der Waals surface area contributed by atoms with Crippen LogP contribution in [0.1, 0.15) is 39.3 Å². The van der Waals surface area contributed by atoms with Crippen molar-refractivity contribution < 1.29 is 9.53 Å². The summed E-state index contributed by atoms with van der Waals surface area (Å²) in [4.78, 5) is 14.3. The van der Waals surface area contributed by atoms with E-state index >= 15 is 0 Å². The Labute approximate surface area is 141 Å². The van der Waals surface area contributed by atoms with Gasteiger partial charge in [0.2, 0.25) is 0 Å². The molecule has 0 saturated carbocycles. The molecule has 1 aliphatic heterocycles. The van der Waals surface area contributed by atoms with Crippen LogP contribution in [0, 0.1) is 0 Å². The molecule has 1 aromatic rings. The lowest BCUT2D eigenvalue weighted by Gasteiger charge is -2.40. The summed E-state index contributed by atoms with van der Waals surface area (Å²) in [6.07, 6.45) is -0.318. The van der Waals surface area contributed by atoms with E-state index < -0.39 is 5.60 Å². The molecular formula is C16H22Cl2N2O2. The van der Waals surface area contributed by atoms with Gasteiger partial charge in [-0.3, -0.25) is 4.90 Å². The molecule has 4 nitrogen and oxygen atoms in total. The third-order valence-electron chi connectivity index (χ3n) is 3.40. The smallest absolute Gasteiger partial charge is 0.410 e. The van der Waals surface area contributed by atoms with E-state index in [1.165, 1.54) is 0 Å². The lowest BCUT2D eigenvalue weighted by molar-refractivity contribution is 0.00787. The molecule has 0 bridgehead atoms. The van der Waals surface area contributed by atoms with Crippen molar-refractivity contribution >= 4 is 29.3 Å². The molecule has 1 saturated heterocycles. The number of carbonyl (C=O) groups is 1. The van der Waals surface area contributed by atoms with Gasteiger partial charge in [-0.1, -0.05) is 23.2 Å². The summed E-state index contributed by atoms with van der Waals surface area (Å²) in [5, 5.41) is 4.50. The molecule has 0 radical (unpaired) electrons. The average molecular weight is 345 g/mol. The fraction of sp³-hybridized carbons (Fsp3) is 0.562. The van der Waals surface area contributed by atoms with Crippen molar-refractivity contribution in [3.05, 3.63) is 33.8 Å². The van der Waals surface area contributed by atoms with Crippen LogP contribution in [0.25, 0.3) is 0 Å². The van der Waals surface area contributed by atoms with Gasteiger partial charge in [0.1, 0.15) is 5.60 Å². The second-order valence-electron chi connectivity index (χ2n) is 6.66. The molecule has 122 valence electrons. The van der Waals surface area contributed by atoms with Crippen molar-refractivity contribution in [3.63, 3.8) is 0 Å². The number of rotatable bonds is 1. The number of carbonyl (C=O) groups excluding carboxylic acids is 1. The first-order valence-electron chi connectivity index (χ1n) is 7.35. The first-order chi connectivity index (χ1) is 10.2. The third-order valence-corrected chi connectivity index (χ3v) is 3.84. The van der Waals surface area contributed by atoms with Crippen LogP contribution in [-0.2, 0) is 4.74 Å². The Balaban J connectivity index is 2.28. The fourth-order valence-corrected chi connectivity index (χ4v) is 3.04. The van der Waals surface area contributed by atoms with Gasteiger partial charge < -0.3 is 10.1 Å². The number of benzene rings is 1. The average Bonchev–Trinajstić information content (AvgIpc) is 2.35. The molecule has 6 heteroatoms. The van der Waals surface area contributed by atoms with Gasteiger partial charge in [0.25, 0.3) is 0 Å². The molecule has 0 aliphatic carbocycles. The Morgan fingerprint density at radius 3 is 2.41 bits per heavy atom. The summed E-state index contributed by atoms with van der Waals surface area (Å²) < 4.78 is 5.53. The lowest BCUT2D eigenvalue weighted by atomic mass is 10.0. The Morgan fingerprint density at radius 1 is 1.27 bits per heavy atom. The van der Waals surface area contributed by atoms with E-state index in [1.807, 2.05) is 39.8 Å². The van der Waals surface area contributed by atoms with Gasteiger partial charge in [-0.25, -0.2) is 4.79 Å². The number of nitrogens with zero attached hydrogens (tertiary/aromatic N) is 1. The molecule has 2 atom stereocenters. The second-order valence-corrected chi connectivity index (χ2v) is 7.53. The molecule has 1 unspecified atom stereocenters. The van der Waals surface area contributed by atoms with E-state index in [1.54, 1.807) is 11.0 Å². The zero-order valence-corrected chi connectivity index (χ0v) is 14.8. The molecule has 1 heterocycles. The Bertz CT molecular complexity index is 537. The summed E-state index contributed by atoms with van der Waals surface area (Å²) >= 11 is 12.2. The van der Waals surface area contributed by atoms with Crippen LogP contribution in [0.5, 0.6) is 0 Å².